The van der Waals surface area contributed by atoms with E-state index in [2.05, 4.69) is 22.4 Å². The number of allylic oxidation sites excluding steroid dienone is 2. The summed E-state index contributed by atoms with van der Waals surface area (Å²) in [4.78, 5) is 0. The smallest absolute Gasteiger partial charge is 0.0322 e. The zero-order valence-electron chi connectivity index (χ0n) is 5.77. The van der Waals surface area contributed by atoms with Crippen LogP contribution in [0.4, 0.5) is 0 Å². The lowest BCUT2D eigenvalue weighted by Gasteiger charge is -2.07. The standard InChI is InChI=1S/C8H13Si/c9-8-6-4-2-1-3-5-7-8/h4,6,8H,1-3,5,7H2/b6-4-. The molecule has 0 spiro atoms. The number of rotatable bonds is 0. The van der Waals surface area contributed by atoms with E-state index in [9.17, 15) is 0 Å². The molecule has 1 unspecified atom stereocenters. The Bertz CT molecular complexity index is 96.7. The molecule has 0 amide bonds. The van der Waals surface area contributed by atoms with Gasteiger partial charge in [0.05, 0.1) is 0 Å². The van der Waals surface area contributed by atoms with Crippen LogP contribution in [0.3, 0.4) is 0 Å². The molecule has 0 N–H and O–H groups in total. The molecule has 0 aromatic heterocycles. The quantitative estimate of drug-likeness (QED) is 0.355. The van der Waals surface area contributed by atoms with Crippen molar-refractivity contribution in [1.82, 2.24) is 0 Å². The van der Waals surface area contributed by atoms with Crippen molar-refractivity contribution in [2.45, 2.75) is 37.6 Å². The monoisotopic (exact) mass is 137 g/mol. The van der Waals surface area contributed by atoms with E-state index in [0.717, 1.165) is 0 Å². The Balaban J connectivity index is 2.30. The summed E-state index contributed by atoms with van der Waals surface area (Å²) in [7, 11) is 3.63. The van der Waals surface area contributed by atoms with E-state index in [1.54, 1.807) is 0 Å². The molecular weight excluding hydrogens is 124 g/mol. The second-order valence-electron chi connectivity index (χ2n) is 2.67. The van der Waals surface area contributed by atoms with Crippen LogP contribution in [-0.4, -0.2) is 10.2 Å². The molecule has 9 heavy (non-hydrogen) atoms. The van der Waals surface area contributed by atoms with E-state index in [0.29, 0.717) is 5.54 Å². The summed E-state index contributed by atoms with van der Waals surface area (Å²) in [6.45, 7) is 0. The van der Waals surface area contributed by atoms with Crippen LogP contribution in [-0.2, 0) is 0 Å². The van der Waals surface area contributed by atoms with Gasteiger partial charge in [0.15, 0.2) is 0 Å². The third-order valence-corrected chi connectivity index (χ3v) is 2.24. The molecule has 0 aliphatic heterocycles. The summed E-state index contributed by atoms with van der Waals surface area (Å²) in [6, 6.07) is 0. The second kappa shape index (κ2) is 3.88. The van der Waals surface area contributed by atoms with E-state index in [-0.39, 0.29) is 0 Å². The highest BCUT2D eigenvalue weighted by Gasteiger charge is 1.99. The predicted octanol–water partition coefficient (Wildman–Crippen LogP) is 2.46. The fourth-order valence-corrected chi connectivity index (χ4v) is 1.50. The third-order valence-electron chi connectivity index (χ3n) is 1.75. The van der Waals surface area contributed by atoms with Crippen LogP contribution in [0, 0.1) is 0 Å². The van der Waals surface area contributed by atoms with Crippen molar-refractivity contribution in [1.29, 1.82) is 0 Å². The van der Waals surface area contributed by atoms with Gasteiger partial charge in [-0.05, 0) is 18.4 Å². The molecule has 0 nitrogen and oxygen atoms in total. The average Bonchev–Trinajstić information content (AvgIpc) is 1.79. The molecule has 0 heterocycles. The van der Waals surface area contributed by atoms with Crippen LogP contribution < -0.4 is 0 Å². The molecule has 0 aromatic rings. The van der Waals surface area contributed by atoms with E-state index in [1.165, 1.54) is 32.1 Å². The van der Waals surface area contributed by atoms with Gasteiger partial charge in [-0.15, -0.1) is 0 Å². The first-order chi connectivity index (χ1) is 4.39. The molecule has 1 heteroatoms. The van der Waals surface area contributed by atoms with Gasteiger partial charge in [-0.2, -0.15) is 0 Å². The second-order valence-corrected chi connectivity index (χ2v) is 3.41. The largest absolute Gasteiger partial charge is 0.0889 e. The van der Waals surface area contributed by atoms with Crippen LogP contribution in [0.5, 0.6) is 0 Å². The molecular formula is C8H13Si. The van der Waals surface area contributed by atoms with Gasteiger partial charge in [-0.3, -0.25) is 0 Å². The van der Waals surface area contributed by atoms with Gasteiger partial charge < -0.3 is 0 Å². The molecule has 0 aromatic carbocycles. The molecule has 1 aliphatic rings. The Labute approximate surface area is 60.8 Å². The predicted molar refractivity (Wildman–Crippen MR) is 41.7 cm³/mol. The zero-order valence-corrected chi connectivity index (χ0v) is 6.77. The van der Waals surface area contributed by atoms with Gasteiger partial charge >= 0.3 is 0 Å². The van der Waals surface area contributed by atoms with E-state index >= 15 is 0 Å². The highest BCUT2D eigenvalue weighted by atomic mass is 28.1. The Morgan fingerprint density at radius 2 is 2.11 bits per heavy atom. The average molecular weight is 137 g/mol. The molecule has 0 saturated heterocycles. The molecule has 0 saturated carbocycles. The lowest BCUT2D eigenvalue weighted by atomic mass is 10.1. The van der Waals surface area contributed by atoms with Crippen molar-refractivity contribution in [2.24, 2.45) is 0 Å². The SMILES string of the molecule is [Si]C1/C=C\CCCCC1. The summed E-state index contributed by atoms with van der Waals surface area (Å²) < 4.78 is 0. The zero-order chi connectivity index (χ0) is 6.53. The van der Waals surface area contributed by atoms with E-state index < -0.39 is 0 Å². The minimum absolute atomic E-state index is 0.644. The van der Waals surface area contributed by atoms with Gasteiger partial charge in [0.2, 0.25) is 0 Å². The van der Waals surface area contributed by atoms with Crippen molar-refractivity contribution in [3.05, 3.63) is 12.2 Å². The highest BCUT2D eigenvalue weighted by molar-refractivity contribution is 6.12. The fraction of sp³-hybridized carbons (Fsp3) is 0.750. The minimum atomic E-state index is 0.644. The van der Waals surface area contributed by atoms with Crippen LogP contribution in [0.25, 0.3) is 0 Å². The molecule has 1 aliphatic carbocycles. The topological polar surface area (TPSA) is 0 Å². The Morgan fingerprint density at radius 3 is 3.00 bits per heavy atom. The summed E-state index contributed by atoms with van der Waals surface area (Å²) in [5.41, 5.74) is 0.644. The number of hydrogen-bond acceptors (Lipinski definition) is 0. The molecule has 49 valence electrons. The van der Waals surface area contributed by atoms with Crippen LogP contribution in [0.15, 0.2) is 12.2 Å². The van der Waals surface area contributed by atoms with Gasteiger partial charge in [0, 0.05) is 10.2 Å². The molecule has 1 atom stereocenters. The summed E-state index contributed by atoms with van der Waals surface area (Å²) in [5.74, 6) is 0. The van der Waals surface area contributed by atoms with Crippen molar-refractivity contribution in [3.8, 4) is 0 Å². The number of hydrogen-bond donors (Lipinski definition) is 0. The first-order valence-electron chi connectivity index (χ1n) is 3.77. The summed E-state index contributed by atoms with van der Waals surface area (Å²) in [6.07, 6.45) is 11.3. The maximum atomic E-state index is 3.63. The minimum Gasteiger partial charge on any atom is -0.0889 e. The van der Waals surface area contributed by atoms with Crippen molar-refractivity contribution < 1.29 is 0 Å². The first kappa shape index (κ1) is 7.07. The van der Waals surface area contributed by atoms with Crippen LogP contribution in [0.1, 0.15) is 32.1 Å². The molecule has 0 bridgehead atoms. The summed E-state index contributed by atoms with van der Waals surface area (Å²) in [5, 5.41) is 0. The first-order valence-corrected chi connectivity index (χ1v) is 4.35. The molecule has 0 fully saturated rings. The Morgan fingerprint density at radius 1 is 1.22 bits per heavy atom. The maximum absolute atomic E-state index is 3.63. The van der Waals surface area contributed by atoms with Gasteiger partial charge in [-0.1, -0.05) is 31.4 Å². The normalized spacial score (nSPS) is 32.8. The van der Waals surface area contributed by atoms with Gasteiger partial charge in [0.1, 0.15) is 0 Å². The molecule has 3 radical (unpaired) electrons. The lowest BCUT2D eigenvalue weighted by Crippen LogP contribution is -1.90. The Hall–Kier alpha value is -0.0431. The van der Waals surface area contributed by atoms with Crippen LogP contribution >= 0.6 is 0 Å². The third kappa shape index (κ3) is 2.85. The highest BCUT2D eigenvalue weighted by Crippen LogP contribution is 2.17. The Kier molecular flexibility index (Phi) is 3.05. The van der Waals surface area contributed by atoms with Crippen molar-refractivity contribution >= 4 is 10.2 Å². The fourth-order valence-electron chi connectivity index (χ4n) is 1.16. The van der Waals surface area contributed by atoms with Gasteiger partial charge in [0.25, 0.3) is 0 Å². The van der Waals surface area contributed by atoms with E-state index in [1.807, 2.05) is 0 Å². The summed E-state index contributed by atoms with van der Waals surface area (Å²) >= 11 is 0. The lowest BCUT2D eigenvalue weighted by molar-refractivity contribution is 0.637. The van der Waals surface area contributed by atoms with Gasteiger partial charge in [-0.25, -0.2) is 0 Å². The molecule has 1 rings (SSSR count). The van der Waals surface area contributed by atoms with Crippen molar-refractivity contribution in [3.63, 3.8) is 0 Å². The van der Waals surface area contributed by atoms with E-state index in [4.69, 9.17) is 0 Å². The maximum Gasteiger partial charge on any atom is 0.0322 e. The van der Waals surface area contributed by atoms with Crippen molar-refractivity contribution in [2.75, 3.05) is 0 Å². The van der Waals surface area contributed by atoms with Crippen LogP contribution in [0.2, 0.25) is 5.54 Å².